The summed E-state index contributed by atoms with van der Waals surface area (Å²) in [5.74, 6) is 0. The van der Waals surface area contributed by atoms with Gasteiger partial charge in [0, 0.05) is 5.69 Å². The molecule has 0 unspecified atom stereocenters. The van der Waals surface area contributed by atoms with E-state index in [1.807, 2.05) is 6.07 Å². The summed E-state index contributed by atoms with van der Waals surface area (Å²) in [6.45, 7) is 0. The molecule has 0 aliphatic heterocycles. The van der Waals surface area contributed by atoms with Crippen molar-refractivity contribution in [3.05, 3.63) is 28.4 Å². The summed E-state index contributed by atoms with van der Waals surface area (Å²) in [6.07, 6.45) is 4.45. The van der Waals surface area contributed by atoms with E-state index < -0.39 is 0 Å². The second kappa shape index (κ2) is 5.04. The Hall–Kier alpha value is -1.45. The summed E-state index contributed by atoms with van der Waals surface area (Å²) in [5, 5.41) is 17.8. The predicted octanol–water partition coefficient (Wildman–Crippen LogP) is 2.83. The molecule has 2 heterocycles. The first-order valence-corrected chi connectivity index (χ1v) is 7.43. The molecule has 0 N–H and O–H groups in total. The van der Waals surface area contributed by atoms with Gasteiger partial charge in [-0.1, -0.05) is 11.3 Å². The first-order valence-electron chi connectivity index (χ1n) is 5.74. The van der Waals surface area contributed by atoms with Crippen LogP contribution in [-0.4, -0.2) is 15.2 Å². The third kappa shape index (κ3) is 2.24. The fraction of sp³-hybridized carbons (Fsp3) is 0.333. The predicted molar refractivity (Wildman–Crippen MR) is 69.6 cm³/mol. The highest BCUT2D eigenvalue weighted by Gasteiger charge is 2.16. The van der Waals surface area contributed by atoms with Crippen LogP contribution in [0.25, 0.3) is 0 Å². The first kappa shape index (κ1) is 11.6. The highest BCUT2D eigenvalue weighted by molar-refractivity contribution is 8.01. The largest absolute Gasteiger partial charge is 0.244 e. The van der Waals surface area contributed by atoms with Gasteiger partial charge in [0.1, 0.15) is 16.6 Å². The molecule has 0 atom stereocenters. The van der Waals surface area contributed by atoms with E-state index in [-0.39, 0.29) is 0 Å². The molecule has 90 valence electrons. The standard InChI is InChI=1S/C12H10N4S2/c13-6-9-5-8-3-1-2-4-10(8)15-11(9)18-12-16-14-7-17-12/h5,7H,1-4H2. The van der Waals surface area contributed by atoms with E-state index in [0.29, 0.717) is 5.56 Å². The Labute approximate surface area is 113 Å². The van der Waals surface area contributed by atoms with Crippen molar-refractivity contribution >= 4 is 23.1 Å². The fourth-order valence-electron chi connectivity index (χ4n) is 2.06. The molecule has 2 aromatic heterocycles. The summed E-state index contributed by atoms with van der Waals surface area (Å²) in [6, 6.07) is 4.22. The van der Waals surface area contributed by atoms with Gasteiger partial charge in [-0.05, 0) is 49.1 Å². The Morgan fingerprint density at radius 2 is 2.22 bits per heavy atom. The van der Waals surface area contributed by atoms with Crippen molar-refractivity contribution < 1.29 is 0 Å². The molecule has 2 aromatic rings. The minimum absolute atomic E-state index is 0.649. The van der Waals surface area contributed by atoms with Gasteiger partial charge in [-0.3, -0.25) is 0 Å². The highest BCUT2D eigenvalue weighted by atomic mass is 32.2. The van der Waals surface area contributed by atoms with Gasteiger partial charge in [0.05, 0.1) is 5.56 Å². The Bertz CT molecular complexity index is 601. The van der Waals surface area contributed by atoms with Crippen LogP contribution >= 0.6 is 23.1 Å². The van der Waals surface area contributed by atoms with E-state index >= 15 is 0 Å². The normalized spacial score (nSPS) is 13.9. The SMILES string of the molecule is N#Cc1cc2c(nc1Sc1nncs1)CCCC2. The number of rotatable bonds is 2. The number of nitriles is 1. The van der Waals surface area contributed by atoms with Crippen molar-refractivity contribution in [2.24, 2.45) is 0 Å². The number of fused-ring (bicyclic) bond motifs is 1. The molecule has 3 rings (SSSR count). The van der Waals surface area contributed by atoms with Crippen LogP contribution in [0.3, 0.4) is 0 Å². The average Bonchev–Trinajstić information content (AvgIpc) is 2.91. The van der Waals surface area contributed by atoms with Gasteiger partial charge < -0.3 is 0 Å². The number of nitrogens with zero attached hydrogens (tertiary/aromatic N) is 4. The molecular weight excluding hydrogens is 264 g/mol. The Balaban J connectivity index is 2.00. The minimum atomic E-state index is 0.649. The molecule has 1 aliphatic rings. The molecule has 0 amide bonds. The maximum absolute atomic E-state index is 9.21. The van der Waals surface area contributed by atoms with Crippen molar-refractivity contribution in [2.45, 2.75) is 35.0 Å². The van der Waals surface area contributed by atoms with Crippen LogP contribution in [0.5, 0.6) is 0 Å². The number of hydrogen-bond acceptors (Lipinski definition) is 6. The lowest BCUT2D eigenvalue weighted by atomic mass is 9.95. The molecule has 0 saturated heterocycles. The van der Waals surface area contributed by atoms with E-state index in [1.165, 1.54) is 41.5 Å². The molecule has 0 spiro atoms. The summed E-state index contributed by atoms with van der Waals surface area (Å²) < 4.78 is 0.828. The minimum Gasteiger partial charge on any atom is -0.244 e. The maximum Gasteiger partial charge on any atom is 0.180 e. The van der Waals surface area contributed by atoms with Gasteiger partial charge >= 0.3 is 0 Å². The first-order chi connectivity index (χ1) is 8.86. The van der Waals surface area contributed by atoms with Gasteiger partial charge in [0.2, 0.25) is 0 Å². The van der Waals surface area contributed by atoms with E-state index in [2.05, 4.69) is 21.3 Å². The van der Waals surface area contributed by atoms with Crippen LogP contribution in [-0.2, 0) is 12.8 Å². The van der Waals surface area contributed by atoms with Gasteiger partial charge in [0.25, 0.3) is 0 Å². The Morgan fingerprint density at radius 1 is 1.33 bits per heavy atom. The maximum atomic E-state index is 9.21. The van der Waals surface area contributed by atoms with Crippen LogP contribution in [0.4, 0.5) is 0 Å². The van der Waals surface area contributed by atoms with Crippen molar-refractivity contribution in [3.8, 4) is 6.07 Å². The van der Waals surface area contributed by atoms with Crippen molar-refractivity contribution in [3.63, 3.8) is 0 Å². The zero-order chi connectivity index (χ0) is 12.4. The molecule has 0 saturated carbocycles. The quantitative estimate of drug-likeness (QED) is 0.842. The number of hydrogen-bond donors (Lipinski definition) is 0. The van der Waals surface area contributed by atoms with Gasteiger partial charge in [-0.15, -0.1) is 10.2 Å². The zero-order valence-electron chi connectivity index (χ0n) is 9.59. The van der Waals surface area contributed by atoms with Crippen LogP contribution < -0.4 is 0 Å². The van der Waals surface area contributed by atoms with Crippen molar-refractivity contribution in [1.82, 2.24) is 15.2 Å². The lowest BCUT2D eigenvalue weighted by molar-refractivity contribution is 0.660. The second-order valence-electron chi connectivity index (χ2n) is 4.07. The van der Waals surface area contributed by atoms with E-state index in [4.69, 9.17) is 0 Å². The lowest BCUT2D eigenvalue weighted by Crippen LogP contribution is -2.07. The molecule has 18 heavy (non-hydrogen) atoms. The van der Waals surface area contributed by atoms with Gasteiger partial charge in [-0.2, -0.15) is 5.26 Å². The Morgan fingerprint density at radius 3 is 3.00 bits per heavy atom. The second-order valence-corrected chi connectivity index (χ2v) is 6.14. The molecule has 0 radical (unpaired) electrons. The number of aromatic nitrogens is 3. The van der Waals surface area contributed by atoms with E-state index in [9.17, 15) is 5.26 Å². The smallest absolute Gasteiger partial charge is 0.180 e. The monoisotopic (exact) mass is 274 g/mol. The summed E-state index contributed by atoms with van der Waals surface area (Å²) in [7, 11) is 0. The fourth-order valence-corrected chi connectivity index (χ4v) is 3.52. The highest BCUT2D eigenvalue weighted by Crippen LogP contribution is 2.32. The molecule has 4 nitrogen and oxygen atoms in total. The molecule has 0 aromatic carbocycles. The third-order valence-electron chi connectivity index (χ3n) is 2.91. The Kier molecular flexibility index (Phi) is 3.26. The van der Waals surface area contributed by atoms with E-state index in [1.54, 1.807) is 5.51 Å². The van der Waals surface area contributed by atoms with Gasteiger partial charge in [0.15, 0.2) is 4.34 Å². The molecule has 0 fully saturated rings. The van der Waals surface area contributed by atoms with Crippen molar-refractivity contribution in [1.29, 1.82) is 5.26 Å². The van der Waals surface area contributed by atoms with Crippen molar-refractivity contribution in [2.75, 3.05) is 0 Å². The molecule has 1 aliphatic carbocycles. The van der Waals surface area contributed by atoms with Crippen LogP contribution in [0.2, 0.25) is 0 Å². The molecular formula is C12H10N4S2. The van der Waals surface area contributed by atoms with Crippen LogP contribution in [0.1, 0.15) is 29.7 Å². The van der Waals surface area contributed by atoms with E-state index in [0.717, 1.165) is 27.9 Å². The summed E-state index contributed by atoms with van der Waals surface area (Å²) >= 11 is 2.90. The summed E-state index contributed by atoms with van der Waals surface area (Å²) in [5.41, 5.74) is 4.72. The topological polar surface area (TPSA) is 62.5 Å². The number of pyridine rings is 1. The van der Waals surface area contributed by atoms with Crippen LogP contribution in [0.15, 0.2) is 20.9 Å². The lowest BCUT2D eigenvalue weighted by Gasteiger charge is -2.15. The molecule has 6 heteroatoms. The zero-order valence-corrected chi connectivity index (χ0v) is 11.2. The average molecular weight is 274 g/mol. The van der Waals surface area contributed by atoms with Gasteiger partial charge in [-0.25, -0.2) is 4.98 Å². The van der Waals surface area contributed by atoms with Crippen LogP contribution in [0, 0.1) is 11.3 Å². The third-order valence-corrected chi connectivity index (χ3v) is 4.69. The molecule has 0 bridgehead atoms. The summed E-state index contributed by atoms with van der Waals surface area (Å²) in [4.78, 5) is 4.64. The number of aryl methyl sites for hydroxylation is 2.